The molecular weight excluding hydrogens is 446 g/mol. The second kappa shape index (κ2) is 9.95. The van der Waals surface area contributed by atoms with Gasteiger partial charge in [0.25, 0.3) is 0 Å². The molecule has 2 heterocycles. The zero-order valence-electron chi connectivity index (χ0n) is 16.3. The number of carbonyl (C=O) groups excluding carboxylic acids is 4. The second-order valence-electron chi connectivity index (χ2n) is 6.16. The van der Waals surface area contributed by atoms with Gasteiger partial charge in [0, 0.05) is 27.7 Å². The Bertz CT molecular complexity index is 905. The number of ether oxygens (including phenoxy) is 5. The quantitative estimate of drug-likeness (QED) is 0.306. The van der Waals surface area contributed by atoms with Crippen molar-refractivity contribution < 1.29 is 42.9 Å². The Hall–Kier alpha value is -2.58. The fourth-order valence-corrected chi connectivity index (χ4v) is 4.57. The molecule has 0 saturated carbocycles. The molecule has 0 N–H and O–H groups in total. The van der Waals surface area contributed by atoms with E-state index in [1.165, 1.54) is 0 Å². The topological polar surface area (TPSA) is 154 Å². The molecule has 14 heteroatoms. The molecular formula is C16H19NO11S2. The van der Waals surface area contributed by atoms with Crippen LogP contribution in [-0.4, -0.2) is 59.7 Å². The zero-order chi connectivity index (χ0) is 22.6. The van der Waals surface area contributed by atoms with E-state index < -0.39 is 70.9 Å². The summed E-state index contributed by atoms with van der Waals surface area (Å²) in [4.78, 5) is 69.5. The maximum Gasteiger partial charge on any atom is 0.321 e. The molecule has 166 valence electrons. The second-order valence-corrected chi connectivity index (χ2v) is 8.19. The van der Waals surface area contributed by atoms with Gasteiger partial charge in [0.2, 0.25) is 6.29 Å². The van der Waals surface area contributed by atoms with Gasteiger partial charge in [0.15, 0.2) is 12.2 Å². The predicted octanol–water partition coefficient (Wildman–Crippen LogP) is -0.413. The van der Waals surface area contributed by atoms with Crippen molar-refractivity contribution >= 4 is 44.6 Å². The van der Waals surface area contributed by atoms with Crippen molar-refractivity contribution in [3.63, 3.8) is 0 Å². The van der Waals surface area contributed by atoms with Crippen LogP contribution in [0.2, 0.25) is 0 Å². The smallest absolute Gasteiger partial charge is 0.321 e. The molecule has 12 nitrogen and oxygen atoms in total. The van der Waals surface area contributed by atoms with Crippen molar-refractivity contribution in [3.05, 3.63) is 19.3 Å². The number of aromatic nitrogens is 1. The number of rotatable bonds is 6. The van der Waals surface area contributed by atoms with Crippen LogP contribution in [0.3, 0.4) is 0 Å². The maximum absolute atomic E-state index is 12.3. The number of nitrogens with zero attached hydrogens (tertiary/aromatic N) is 1. The molecule has 0 spiro atoms. The first-order chi connectivity index (χ1) is 14.0. The molecule has 1 aromatic heterocycles. The highest BCUT2D eigenvalue weighted by Gasteiger charge is 2.53. The molecule has 1 saturated heterocycles. The first-order valence-corrected chi connectivity index (χ1v) is 10.7. The van der Waals surface area contributed by atoms with Crippen LogP contribution < -0.4 is 9.75 Å². The summed E-state index contributed by atoms with van der Waals surface area (Å²) in [7, 11) is 1.24. The molecule has 0 radical (unpaired) electrons. The van der Waals surface area contributed by atoms with Gasteiger partial charge in [-0.2, -0.15) is 0 Å². The molecule has 0 amide bonds. The average molecular weight is 465 g/mol. The molecule has 2 rings (SSSR count). The molecule has 0 aliphatic carbocycles. The molecule has 0 aromatic carbocycles. The van der Waals surface area contributed by atoms with Crippen molar-refractivity contribution in [2.24, 2.45) is 0 Å². The largest absolute Gasteiger partial charge is 0.463 e. The Morgan fingerprint density at radius 3 is 1.80 bits per heavy atom. The van der Waals surface area contributed by atoms with Crippen LogP contribution in [0.1, 0.15) is 33.7 Å². The van der Waals surface area contributed by atoms with E-state index >= 15 is 0 Å². The maximum atomic E-state index is 12.3. The molecule has 30 heavy (non-hydrogen) atoms. The fourth-order valence-electron chi connectivity index (χ4n) is 2.89. The van der Waals surface area contributed by atoms with E-state index in [1.807, 2.05) is 0 Å². The first kappa shape index (κ1) is 23.7. The van der Waals surface area contributed by atoms with Gasteiger partial charge >= 0.3 is 33.6 Å². The summed E-state index contributed by atoms with van der Waals surface area (Å²) in [5.74, 6) is -3.10. The minimum atomic E-state index is -1.58. The third-order valence-electron chi connectivity index (χ3n) is 3.83. The number of hydrogen-bond acceptors (Lipinski definition) is 13. The van der Waals surface area contributed by atoms with Crippen molar-refractivity contribution in [3.8, 4) is 0 Å². The van der Waals surface area contributed by atoms with Gasteiger partial charge in [-0.3, -0.25) is 28.8 Å². The fraction of sp³-hybridized carbons (Fsp3) is 0.625. The lowest BCUT2D eigenvalue weighted by Crippen LogP contribution is -2.61. The number of hydrogen-bond donors (Lipinski definition) is 0. The van der Waals surface area contributed by atoms with Gasteiger partial charge in [-0.05, 0) is 20.7 Å². The lowest BCUT2D eigenvalue weighted by molar-refractivity contribution is -0.279. The number of carbonyl (C=O) groups is 4. The highest BCUT2D eigenvalue weighted by atomic mass is 32.9. The molecule has 5 atom stereocenters. The van der Waals surface area contributed by atoms with Gasteiger partial charge in [0.05, 0.1) is 0 Å². The summed E-state index contributed by atoms with van der Waals surface area (Å²) in [6.07, 6.45) is -5.64. The lowest BCUT2D eigenvalue weighted by Gasteiger charge is -2.44. The van der Waals surface area contributed by atoms with Gasteiger partial charge in [-0.25, -0.2) is 4.57 Å². The summed E-state index contributed by atoms with van der Waals surface area (Å²) in [5.41, 5.74) is 0. The van der Waals surface area contributed by atoms with E-state index in [2.05, 4.69) is 0 Å². The van der Waals surface area contributed by atoms with Gasteiger partial charge in [-0.15, -0.1) is 0 Å². The Labute approximate surface area is 176 Å². The number of esters is 4. The first-order valence-electron chi connectivity index (χ1n) is 8.53. The Kier molecular flexibility index (Phi) is 7.86. The molecule has 1 aliphatic rings. The van der Waals surface area contributed by atoms with E-state index in [-0.39, 0.29) is 0 Å². The monoisotopic (exact) mass is 465 g/mol. The van der Waals surface area contributed by atoms with Gasteiger partial charge in [0.1, 0.15) is 18.8 Å². The summed E-state index contributed by atoms with van der Waals surface area (Å²) >= 11 is 0. The third-order valence-corrected chi connectivity index (χ3v) is 5.69. The van der Waals surface area contributed by atoms with E-state index in [0.717, 1.165) is 32.3 Å². The summed E-state index contributed by atoms with van der Waals surface area (Å²) in [6.45, 7) is 3.91. The highest BCUT2D eigenvalue weighted by Crippen LogP contribution is 2.34. The van der Waals surface area contributed by atoms with Crippen molar-refractivity contribution in [2.45, 2.75) is 58.3 Å². The SMILES string of the molecule is CC(=O)OC[C@H]1O[C@H](OC(C)=O)[C@H](n2c(=O)ssc2=O)[C@@H](OC(C)=O)[C@@H]1OC(C)=O. The molecule has 0 bridgehead atoms. The zero-order valence-corrected chi connectivity index (χ0v) is 18.0. The minimum absolute atomic E-state index is 0.444. The van der Waals surface area contributed by atoms with Crippen LogP contribution in [0.15, 0.2) is 9.59 Å². The lowest BCUT2D eigenvalue weighted by atomic mass is 9.96. The Morgan fingerprint density at radius 1 is 0.833 bits per heavy atom. The van der Waals surface area contributed by atoms with Gasteiger partial charge < -0.3 is 23.7 Å². The van der Waals surface area contributed by atoms with Crippen molar-refractivity contribution in [1.29, 1.82) is 0 Å². The van der Waals surface area contributed by atoms with E-state index in [0.29, 0.717) is 20.7 Å². The van der Waals surface area contributed by atoms with Crippen molar-refractivity contribution in [2.75, 3.05) is 6.61 Å². The Balaban J connectivity index is 2.61. The molecule has 1 fully saturated rings. The predicted molar refractivity (Wildman–Crippen MR) is 99.9 cm³/mol. The molecule has 0 unspecified atom stereocenters. The standard InChI is InChI=1S/C16H19NO11S2/c1-6(18)24-5-10-12(25-7(2)19)13(26-8(3)20)11(14(28-10)27-9(4)21)17-15(22)29-30-16(17)23/h10-14H,5H2,1-4H3/t10-,11-,12-,13-,14+/m1/s1. The summed E-state index contributed by atoms with van der Waals surface area (Å²) in [6, 6.07) is -1.45. The van der Waals surface area contributed by atoms with Crippen LogP contribution in [0.4, 0.5) is 0 Å². The highest BCUT2D eigenvalue weighted by molar-refractivity contribution is 7.67. The summed E-state index contributed by atoms with van der Waals surface area (Å²) < 4.78 is 26.9. The van der Waals surface area contributed by atoms with E-state index in [4.69, 9.17) is 23.7 Å². The van der Waals surface area contributed by atoms with Crippen molar-refractivity contribution in [1.82, 2.24) is 4.57 Å². The van der Waals surface area contributed by atoms with Gasteiger partial charge in [-0.1, -0.05) is 0 Å². The molecule has 1 aliphatic heterocycles. The average Bonchev–Trinajstić information content (AvgIpc) is 2.93. The molecule has 1 aromatic rings. The van der Waals surface area contributed by atoms with Crippen LogP contribution in [0, 0.1) is 0 Å². The Morgan fingerprint density at radius 2 is 1.33 bits per heavy atom. The van der Waals surface area contributed by atoms with Crippen LogP contribution in [0.25, 0.3) is 0 Å². The minimum Gasteiger partial charge on any atom is -0.463 e. The van der Waals surface area contributed by atoms with E-state index in [9.17, 15) is 28.8 Å². The third kappa shape index (κ3) is 5.73. The van der Waals surface area contributed by atoms with E-state index in [1.54, 1.807) is 0 Å². The van der Waals surface area contributed by atoms with Crippen LogP contribution >= 0.6 is 20.7 Å². The normalized spacial score (nSPS) is 25.8. The van der Waals surface area contributed by atoms with Crippen LogP contribution in [-0.2, 0) is 42.9 Å². The van der Waals surface area contributed by atoms with Crippen LogP contribution in [0.5, 0.6) is 0 Å². The summed E-state index contributed by atoms with van der Waals surface area (Å²) in [5, 5.41) is 0.